The van der Waals surface area contributed by atoms with Crippen LogP contribution in [-0.2, 0) is 4.79 Å². The van der Waals surface area contributed by atoms with Gasteiger partial charge in [-0.15, -0.1) is 0 Å². The lowest BCUT2D eigenvalue weighted by Gasteiger charge is -2.19. The Bertz CT molecular complexity index is 435. The Morgan fingerprint density at radius 1 is 1.42 bits per heavy atom. The van der Waals surface area contributed by atoms with Gasteiger partial charge >= 0.3 is 0 Å². The summed E-state index contributed by atoms with van der Waals surface area (Å²) in [5.74, 6) is -0.0592. The van der Waals surface area contributed by atoms with Crippen LogP contribution in [0.3, 0.4) is 0 Å². The van der Waals surface area contributed by atoms with Gasteiger partial charge in [-0.3, -0.25) is 4.79 Å². The van der Waals surface area contributed by atoms with E-state index in [0.29, 0.717) is 10.2 Å². The van der Waals surface area contributed by atoms with E-state index in [4.69, 9.17) is 4.74 Å². The lowest BCUT2D eigenvalue weighted by Crippen LogP contribution is -2.42. The molecular formula is C14H19BrFNO2. The van der Waals surface area contributed by atoms with E-state index in [2.05, 4.69) is 21.2 Å². The van der Waals surface area contributed by atoms with Crippen molar-refractivity contribution < 1.29 is 13.9 Å². The summed E-state index contributed by atoms with van der Waals surface area (Å²) in [6.07, 6.45) is 1.16. The smallest absolute Gasteiger partial charge is 0.260 e. The summed E-state index contributed by atoms with van der Waals surface area (Å²) >= 11 is 3.08. The summed E-state index contributed by atoms with van der Waals surface area (Å²) in [4.78, 5) is 11.9. The van der Waals surface area contributed by atoms with Crippen LogP contribution in [0.4, 0.5) is 4.39 Å². The molecule has 1 amide bonds. The minimum atomic E-state index is -0.613. The van der Waals surface area contributed by atoms with Crippen LogP contribution in [0, 0.1) is 5.82 Å². The molecule has 0 aliphatic carbocycles. The number of hydrogen-bond acceptors (Lipinski definition) is 2. The van der Waals surface area contributed by atoms with Crippen molar-refractivity contribution in [2.45, 2.75) is 45.8 Å². The van der Waals surface area contributed by atoms with Gasteiger partial charge in [0.15, 0.2) is 6.10 Å². The molecule has 1 rings (SSSR count). The summed E-state index contributed by atoms with van der Waals surface area (Å²) in [5, 5.41) is 2.91. The predicted octanol–water partition coefficient (Wildman–Crippen LogP) is 3.66. The normalized spacial score (nSPS) is 12.3. The van der Waals surface area contributed by atoms with Gasteiger partial charge in [-0.2, -0.15) is 0 Å². The fourth-order valence-electron chi connectivity index (χ4n) is 1.62. The molecule has 19 heavy (non-hydrogen) atoms. The highest BCUT2D eigenvalue weighted by Crippen LogP contribution is 2.22. The van der Waals surface area contributed by atoms with Crippen LogP contribution in [0.1, 0.15) is 33.6 Å². The maximum absolute atomic E-state index is 13.1. The highest BCUT2D eigenvalue weighted by Gasteiger charge is 2.17. The molecule has 0 aliphatic heterocycles. The number of hydrogen-bond donors (Lipinski definition) is 1. The molecule has 0 aliphatic rings. The highest BCUT2D eigenvalue weighted by atomic mass is 79.9. The van der Waals surface area contributed by atoms with E-state index in [9.17, 15) is 9.18 Å². The van der Waals surface area contributed by atoms with E-state index < -0.39 is 6.10 Å². The van der Waals surface area contributed by atoms with Crippen LogP contribution >= 0.6 is 15.9 Å². The quantitative estimate of drug-likeness (QED) is 0.863. The average molecular weight is 332 g/mol. The fraction of sp³-hybridized carbons (Fsp3) is 0.500. The van der Waals surface area contributed by atoms with Gasteiger partial charge in [0, 0.05) is 6.04 Å². The fourth-order valence-corrected chi connectivity index (χ4v) is 1.98. The van der Waals surface area contributed by atoms with Crippen LogP contribution in [0.5, 0.6) is 5.75 Å². The Morgan fingerprint density at radius 2 is 2.05 bits per heavy atom. The molecule has 1 aromatic carbocycles. The summed E-state index contributed by atoms with van der Waals surface area (Å²) < 4.78 is 18.9. The first kappa shape index (κ1) is 16.0. The number of nitrogens with one attached hydrogen (secondary N) is 1. The Balaban J connectivity index is 2.60. The zero-order valence-corrected chi connectivity index (χ0v) is 13.0. The zero-order valence-electron chi connectivity index (χ0n) is 11.4. The van der Waals surface area contributed by atoms with Crippen molar-refractivity contribution in [3.05, 3.63) is 28.5 Å². The molecule has 0 heterocycles. The molecule has 0 radical (unpaired) electrons. The molecule has 1 aromatic rings. The van der Waals surface area contributed by atoms with Gasteiger partial charge in [0.05, 0.1) is 4.47 Å². The highest BCUT2D eigenvalue weighted by molar-refractivity contribution is 9.10. The molecule has 3 nitrogen and oxygen atoms in total. The Labute approximate surface area is 121 Å². The third kappa shape index (κ3) is 4.82. The van der Waals surface area contributed by atoms with Gasteiger partial charge in [-0.1, -0.05) is 13.8 Å². The summed E-state index contributed by atoms with van der Waals surface area (Å²) in [7, 11) is 0. The minimum absolute atomic E-state index is 0.158. The monoisotopic (exact) mass is 331 g/mol. The van der Waals surface area contributed by atoms with Gasteiger partial charge in [0.1, 0.15) is 11.6 Å². The van der Waals surface area contributed by atoms with Gasteiger partial charge in [-0.25, -0.2) is 4.39 Å². The molecule has 0 aromatic heterocycles. The minimum Gasteiger partial charge on any atom is -0.481 e. The molecule has 5 heteroatoms. The average Bonchev–Trinajstić information content (AvgIpc) is 2.39. The van der Waals surface area contributed by atoms with Gasteiger partial charge in [0.25, 0.3) is 5.91 Å². The van der Waals surface area contributed by atoms with Crippen molar-refractivity contribution in [3.8, 4) is 5.75 Å². The Hall–Kier alpha value is -1.10. The standard InChI is InChI=1S/C14H19BrFNO2/c1-4-10(5-2)17-14(18)9(3)19-11-6-7-13(16)12(15)8-11/h6-10H,4-5H2,1-3H3,(H,17,18). The second kappa shape index (κ2) is 7.48. The molecule has 0 saturated heterocycles. The number of carbonyl (C=O) groups is 1. The van der Waals surface area contributed by atoms with E-state index in [1.807, 2.05) is 13.8 Å². The van der Waals surface area contributed by atoms with E-state index >= 15 is 0 Å². The molecule has 1 N–H and O–H groups in total. The molecule has 0 fully saturated rings. The van der Waals surface area contributed by atoms with Crippen LogP contribution in [-0.4, -0.2) is 18.1 Å². The summed E-state index contributed by atoms with van der Waals surface area (Å²) in [5.41, 5.74) is 0. The number of ether oxygens (including phenoxy) is 1. The van der Waals surface area contributed by atoms with Crippen LogP contribution in [0.25, 0.3) is 0 Å². The van der Waals surface area contributed by atoms with Crippen molar-refractivity contribution in [1.82, 2.24) is 5.32 Å². The van der Waals surface area contributed by atoms with Crippen molar-refractivity contribution in [2.24, 2.45) is 0 Å². The lowest BCUT2D eigenvalue weighted by molar-refractivity contribution is -0.128. The van der Waals surface area contributed by atoms with Crippen LogP contribution in [0.2, 0.25) is 0 Å². The zero-order chi connectivity index (χ0) is 14.4. The van der Waals surface area contributed by atoms with E-state index in [1.54, 1.807) is 6.92 Å². The van der Waals surface area contributed by atoms with E-state index in [1.165, 1.54) is 18.2 Å². The molecule has 0 bridgehead atoms. The van der Waals surface area contributed by atoms with Crippen molar-refractivity contribution in [1.29, 1.82) is 0 Å². The SMILES string of the molecule is CCC(CC)NC(=O)C(C)Oc1ccc(F)c(Br)c1. The van der Waals surface area contributed by atoms with Gasteiger partial charge < -0.3 is 10.1 Å². The first-order valence-electron chi connectivity index (χ1n) is 6.40. The van der Waals surface area contributed by atoms with Crippen LogP contribution in [0.15, 0.2) is 22.7 Å². The number of carbonyl (C=O) groups excluding carboxylic acids is 1. The third-order valence-electron chi connectivity index (χ3n) is 2.91. The molecule has 1 atom stereocenters. The number of halogens is 2. The molecule has 106 valence electrons. The maximum atomic E-state index is 13.1. The van der Waals surface area contributed by atoms with Crippen molar-refractivity contribution >= 4 is 21.8 Å². The maximum Gasteiger partial charge on any atom is 0.260 e. The molecular weight excluding hydrogens is 313 g/mol. The second-order valence-corrected chi connectivity index (χ2v) is 5.21. The Kier molecular flexibility index (Phi) is 6.28. The van der Waals surface area contributed by atoms with E-state index in [-0.39, 0.29) is 17.8 Å². The molecule has 1 unspecified atom stereocenters. The number of amides is 1. The van der Waals surface area contributed by atoms with Crippen LogP contribution < -0.4 is 10.1 Å². The third-order valence-corrected chi connectivity index (χ3v) is 3.51. The van der Waals surface area contributed by atoms with Crippen molar-refractivity contribution in [2.75, 3.05) is 0 Å². The van der Waals surface area contributed by atoms with Gasteiger partial charge in [0.2, 0.25) is 0 Å². The predicted molar refractivity (Wildman–Crippen MR) is 76.7 cm³/mol. The summed E-state index contributed by atoms with van der Waals surface area (Å²) in [6.45, 7) is 5.73. The Morgan fingerprint density at radius 3 is 2.58 bits per heavy atom. The molecule has 0 saturated carbocycles. The lowest BCUT2D eigenvalue weighted by atomic mass is 10.1. The largest absolute Gasteiger partial charge is 0.481 e. The van der Waals surface area contributed by atoms with E-state index in [0.717, 1.165) is 12.8 Å². The topological polar surface area (TPSA) is 38.3 Å². The first-order valence-corrected chi connectivity index (χ1v) is 7.19. The number of rotatable bonds is 6. The molecule has 0 spiro atoms. The summed E-state index contributed by atoms with van der Waals surface area (Å²) in [6, 6.07) is 4.47. The second-order valence-electron chi connectivity index (χ2n) is 4.36. The van der Waals surface area contributed by atoms with Crippen molar-refractivity contribution in [3.63, 3.8) is 0 Å². The van der Waals surface area contributed by atoms with Gasteiger partial charge in [-0.05, 0) is 53.9 Å². The first-order chi connectivity index (χ1) is 8.97. The number of benzene rings is 1.